The molecule has 3 aromatic heterocycles. The van der Waals surface area contributed by atoms with Gasteiger partial charge in [-0.2, -0.15) is 0 Å². The molecule has 0 spiro atoms. The zero-order valence-electron chi connectivity index (χ0n) is 34.4. The third kappa shape index (κ3) is 5.62. The van der Waals surface area contributed by atoms with Crippen molar-refractivity contribution in [3.63, 3.8) is 0 Å². The summed E-state index contributed by atoms with van der Waals surface area (Å²) in [5, 5.41) is 3.65. The molecule has 0 fully saturated rings. The van der Waals surface area contributed by atoms with Crippen molar-refractivity contribution in [3.05, 3.63) is 224 Å². The standard InChI is InChI=1S/C57H41N5/c1-57(2)50-21-13-12-20-47(50)48-29-28-46(35-51(48)57)61(56-58-36-42(37-59-56)38-14-6-3-7-15-38)45-26-22-39(23-27-45)41-25-30-52-49(34-41)54-53(62(52)44-18-10-5-11-19-44)31-24-40-32-33-60(55(40)54)43-16-8-4-9-17-43/h3-37H,1-2H3. The van der Waals surface area contributed by atoms with Gasteiger partial charge in [0.05, 0.1) is 16.6 Å². The monoisotopic (exact) mass is 795 g/mol. The Bertz CT molecular complexity index is 3460. The van der Waals surface area contributed by atoms with Crippen molar-refractivity contribution in [1.29, 1.82) is 0 Å². The van der Waals surface area contributed by atoms with Crippen LogP contribution in [0.4, 0.5) is 17.3 Å². The van der Waals surface area contributed by atoms with Crippen molar-refractivity contribution in [2.75, 3.05) is 4.90 Å². The van der Waals surface area contributed by atoms with E-state index in [0.29, 0.717) is 5.95 Å². The summed E-state index contributed by atoms with van der Waals surface area (Å²) in [7, 11) is 0. The Morgan fingerprint density at radius 1 is 0.468 bits per heavy atom. The molecule has 0 bridgehead atoms. The molecule has 5 nitrogen and oxygen atoms in total. The third-order valence-electron chi connectivity index (χ3n) is 12.9. The lowest BCUT2D eigenvalue weighted by Gasteiger charge is -2.26. The van der Waals surface area contributed by atoms with E-state index in [4.69, 9.17) is 9.97 Å². The highest BCUT2D eigenvalue weighted by Gasteiger charge is 2.36. The van der Waals surface area contributed by atoms with Gasteiger partial charge in [-0.05, 0) is 112 Å². The number of benzene rings is 8. The van der Waals surface area contributed by atoms with Gasteiger partial charge in [-0.3, -0.25) is 4.90 Å². The summed E-state index contributed by atoms with van der Waals surface area (Å²) in [6.07, 6.45) is 6.05. The van der Waals surface area contributed by atoms with Gasteiger partial charge in [0, 0.05) is 68.5 Å². The molecule has 0 N–H and O–H groups in total. The van der Waals surface area contributed by atoms with Crippen LogP contribution < -0.4 is 4.90 Å². The van der Waals surface area contributed by atoms with Gasteiger partial charge in [-0.1, -0.05) is 135 Å². The van der Waals surface area contributed by atoms with Crippen LogP contribution in [0.1, 0.15) is 25.0 Å². The SMILES string of the molecule is CC1(C)c2ccccc2-c2ccc(N(c3ccc(-c4ccc5c(c4)c4c6c(ccc4n5-c4ccccc4)ccn6-c4ccccc4)cc3)c3ncc(-c4ccccc4)cn3)cc21. The van der Waals surface area contributed by atoms with E-state index in [-0.39, 0.29) is 5.41 Å². The molecule has 0 saturated carbocycles. The van der Waals surface area contributed by atoms with Gasteiger partial charge < -0.3 is 9.13 Å². The molecule has 12 rings (SSSR count). The minimum absolute atomic E-state index is 0.147. The van der Waals surface area contributed by atoms with E-state index in [1.807, 2.05) is 30.6 Å². The lowest BCUT2D eigenvalue weighted by molar-refractivity contribution is 0.660. The summed E-state index contributed by atoms with van der Waals surface area (Å²) < 4.78 is 4.73. The number of hydrogen-bond acceptors (Lipinski definition) is 3. The number of nitrogens with zero attached hydrogens (tertiary/aromatic N) is 5. The summed E-state index contributed by atoms with van der Waals surface area (Å²) in [6.45, 7) is 4.65. The van der Waals surface area contributed by atoms with Crippen LogP contribution in [0, 0.1) is 0 Å². The predicted octanol–water partition coefficient (Wildman–Crippen LogP) is 14.6. The molecule has 0 atom stereocenters. The highest BCUT2D eigenvalue weighted by atomic mass is 15.3. The molecule has 62 heavy (non-hydrogen) atoms. The maximum atomic E-state index is 5.01. The fourth-order valence-corrected chi connectivity index (χ4v) is 9.80. The van der Waals surface area contributed by atoms with E-state index in [2.05, 4.69) is 210 Å². The Kier molecular flexibility index (Phi) is 8.12. The Balaban J connectivity index is 0.998. The van der Waals surface area contributed by atoms with Crippen molar-refractivity contribution in [1.82, 2.24) is 19.1 Å². The summed E-state index contributed by atoms with van der Waals surface area (Å²) in [6, 6.07) is 69.7. The summed E-state index contributed by atoms with van der Waals surface area (Å²) in [5.41, 5.74) is 17.3. The van der Waals surface area contributed by atoms with Gasteiger partial charge >= 0.3 is 0 Å². The van der Waals surface area contributed by atoms with E-state index in [0.717, 1.165) is 45.0 Å². The normalized spacial score (nSPS) is 12.8. The van der Waals surface area contributed by atoms with E-state index in [1.165, 1.54) is 55.0 Å². The summed E-state index contributed by atoms with van der Waals surface area (Å²) in [4.78, 5) is 12.2. The van der Waals surface area contributed by atoms with E-state index < -0.39 is 0 Å². The van der Waals surface area contributed by atoms with Crippen molar-refractivity contribution in [2.45, 2.75) is 19.3 Å². The number of fused-ring (bicyclic) bond motifs is 8. The molecule has 0 amide bonds. The fraction of sp³-hybridized carbons (Fsp3) is 0.0526. The molecule has 0 radical (unpaired) electrons. The van der Waals surface area contributed by atoms with E-state index >= 15 is 0 Å². The van der Waals surface area contributed by atoms with Crippen molar-refractivity contribution >= 4 is 50.0 Å². The fourth-order valence-electron chi connectivity index (χ4n) is 9.80. The molecule has 0 aliphatic heterocycles. The minimum atomic E-state index is -0.147. The minimum Gasteiger partial charge on any atom is -0.316 e. The second kappa shape index (κ2) is 14.0. The first-order chi connectivity index (χ1) is 30.5. The summed E-state index contributed by atoms with van der Waals surface area (Å²) in [5.74, 6) is 0.617. The number of anilines is 3. The molecule has 0 unspecified atom stereocenters. The van der Waals surface area contributed by atoms with Crippen LogP contribution in [-0.2, 0) is 5.41 Å². The van der Waals surface area contributed by atoms with Crippen LogP contribution in [0.5, 0.6) is 0 Å². The van der Waals surface area contributed by atoms with Crippen LogP contribution >= 0.6 is 0 Å². The highest BCUT2D eigenvalue weighted by Crippen LogP contribution is 2.50. The Morgan fingerprint density at radius 3 is 1.84 bits per heavy atom. The van der Waals surface area contributed by atoms with Gasteiger partial charge in [0.25, 0.3) is 0 Å². The molecule has 0 saturated heterocycles. The molecule has 5 heteroatoms. The number of aromatic nitrogens is 4. The second-order valence-electron chi connectivity index (χ2n) is 16.7. The average molecular weight is 796 g/mol. The Labute approximate surface area is 360 Å². The molecule has 11 aromatic rings. The van der Waals surface area contributed by atoms with Gasteiger partial charge in [0.2, 0.25) is 5.95 Å². The molecule has 1 aliphatic carbocycles. The lowest BCUT2D eigenvalue weighted by Crippen LogP contribution is -2.17. The molecular formula is C57H41N5. The lowest BCUT2D eigenvalue weighted by atomic mass is 9.82. The van der Waals surface area contributed by atoms with E-state index in [9.17, 15) is 0 Å². The van der Waals surface area contributed by atoms with Gasteiger partial charge in [-0.25, -0.2) is 9.97 Å². The van der Waals surface area contributed by atoms with Crippen molar-refractivity contribution in [3.8, 4) is 44.8 Å². The second-order valence-corrected chi connectivity index (χ2v) is 16.7. The van der Waals surface area contributed by atoms with Crippen molar-refractivity contribution in [2.24, 2.45) is 0 Å². The van der Waals surface area contributed by atoms with Gasteiger partial charge in [0.1, 0.15) is 0 Å². The topological polar surface area (TPSA) is 38.9 Å². The number of para-hydroxylation sites is 2. The maximum Gasteiger partial charge on any atom is 0.234 e. The largest absolute Gasteiger partial charge is 0.316 e. The third-order valence-corrected chi connectivity index (χ3v) is 12.9. The first-order valence-corrected chi connectivity index (χ1v) is 21.2. The van der Waals surface area contributed by atoms with E-state index in [1.54, 1.807) is 0 Å². The van der Waals surface area contributed by atoms with Crippen LogP contribution in [0.3, 0.4) is 0 Å². The molecular weight excluding hydrogens is 755 g/mol. The molecule has 1 aliphatic rings. The first kappa shape index (κ1) is 35.9. The zero-order valence-corrected chi connectivity index (χ0v) is 34.4. The Hall–Kier alpha value is -8.02. The quantitative estimate of drug-likeness (QED) is 0.161. The van der Waals surface area contributed by atoms with Gasteiger partial charge in [0.15, 0.2) is 0 Å². The predicted molar refractivity (Wildman–Crippen MR) is 256 cm³/mol. The smallest absolute Gasteiger partial charge is 0.234 e. The van der Waals surface area contributed by atoms with Crippen LogP contribution in [0.2, 0.25) is 0 Å². The number of hydrogen-bond donors (Lipinski definition) is 0. The molecule has 8 aromatic carbocycles. The maximum absolute atomic E-state index is 5.01. The molecule has 3 heterocycles. The Morgan fingerprint density at radius 2 is 1.08 bits per heavy atom. The summed E-state index contributed by atoms with van der Waals surface area (Å²) >= 11 is 0. The zero-order chi connectivity index (χ0) is 41.4. The highest BCUT2D eigenvalue weighted by molar-refractivity contribution is 6.21. The number of rotatable bonds is 7. The van der Waals surface area contributed by atoms with Crippen LogP contribution in [0.25, 0.3) is 77.5 Å². The van der Waals surface area contributed by atoms with Gasteiger partial charge in [-0.15, -0.1) is 0 Å². The van der Waals surface area contributed by atoms with Crippen LogP contribution in [-0.4, -0.2) is 19.1 Å². The first-order valence-electron chi connectivity index (χ1n) is 21.2. The average Bonchev–Trinajstić information content (AvgIpc) is 3.98. The molecule has 294 valence electrons. The van der Waals surface area contributed by atoms with Crippen molar-refractivity contribution < 1.29 is 0 Å². The van der Waals surface area contributed by atoms with Crippen LogP contribution in [0.15, 0.2) is 213 Å².